The minimum atomic E-state index is -0.891. The first-order chi connectivity index (χ1) is 10.5. The molecule has 0 fully saturated rings. The molecular weight excluding hydrogens is 272 g/mol. The second kappa shape index (κ2) is 12.4. The standard InChI is InChI=1S/C20H42O2/c1-5-9-11-13-17-19(21,15-7-3)20(22,16-8-4)18-14-12-10-6-2/h21-22H,5-18H2,1-4H3. The third-order valence-electron chi connectivity index (χ3n) is 5.08. The van der Waals surface area contributed by atoms with Crippen molar-refractivity contribution in [1.29, 1.82) is 0 Å². The maximum atomic E-state index is 11.3. The van der Waals surface area contributed by atoms with Gasteiger partial charge in [-0.25, -0.2) is 0 Å². The highest BCUT2D eigenvalue weighted by molar-refractivity contribution is 4.99. The van der Waals surface area contributed by atoms with E-state index in [0.29, 0.717) is 0 Å². The molecule has 2 heteroatoms. The van der Waals surface area contributed by atoms with E-state index in [4.69, 9.17) is 0 Å². The summed E-state index contributed by atoms with van der Waals surface area (Å²) in [4.78, 5) is 0. The Balaban J connectivity index is 4.79. The Hall–Kier alpha value is -0.0800. The summed E-state index contributed by atoms with van der Waals surface area (Å²) in [6.45, 7) is 8.64. The summed E-state index contributed by atoms with van der Waals surface area (Å²) in [6.07, 6.45) is 14.1. The molecule has 0 aliphatic rings. The van der Waals surface area contributed by atoms with E-state index in [1.54, 1.807) is 0 Å². The van der Waals surface area contributed by atoms with E-state index in [9.17, 15) is 10.2 Å². The highest BCUT2D eigenvalue weighted by Crippen LogP contribution is 2.39. The Labute approximate surface area is 139 Å². The number of hydrogen-bond acceptors (Lipinski definition) is 2. The Morgan fingerprint density at radius 2 is 0.818 bits per heavy atom. The molecule has 0 aromatic carbocycles. The SMILES string of the molecule is CCCCCCC(O)(CCC)C(O)(CCC)CCCCCC. The molecule has 2 unspecified atom stereocenters. The van der Waals surface area contributed by atoms with Gasteiger partial charge in [-0.1, -0.05) is 91.9 Å². The Kier molecular flexibility index (Phi) is 12.3. The topological polar surface area (TPSA) is 40.5 Å². The van der Waals surface area contributed by atoms with Gasteiger partial charge in [0, 0.05) is 0 Å². The Bertz CT molecular complexity index is 228. The first-order valence-electron chi connectivity index (χ1n) is 9.94. The number of hydrogen-bond donors (Lipinski definition) is 2. The van der Waals surface area contributed by atoms with Crippen molar-refractivity contribution in [3.8, 4) is 0 Å². The summed E-state index contributed by atoms with van der Waals surface area (Å²) in [5, 5.41) is 22.5. The van der Waals surface area contributed by atoms with Crippen LogP contribution in [0.25, 0.3) is 0 Å². The van der Waals surface area contributed by atoms with E-state index < -0.39 is 11.2 Å². The Morgan fingerprint density at radius 3 is 1.09 bits per heavy atom. The lowest BCUT2D eigenvalue weighted by atomic mass is 9.71. The molecule has 0 heterocycles. The fourth-order valence-corrected chi connectivity index (χ4v) is 3.70. The molecule has 2 nitrogen and oxygen atoms in total. The molecule has 0 saturated heterocycles. The predicted octanol–water partition coefficient (Wildman–Crippen LogP) is 5.99. The van der Waals surface area contributed by atoms with Crippen LogP contribution in [0.4, 0.5) is 0 Å². The van der Waals surface area contributed by atoms with Gasteiger partial charge in [-0.3, -0.25) is 0 Å². The van der Waals surface area contributed by atoms with Gasteiger partial charge in [0.15, 0.2) is 0 Å². The van der Waals surface area contributed by atoms with Crippen molar-refractivity contribution in [3.05, 3.63) is 0 Å². The highest BCUT2D eigenvalue weighted by atomic mass is 16.4. The van der Waals surface area contributed by atoms with E-state index in [2.05, 4.69) is 27.7 Å². The van der Waals surface area contributed by atoms with E-state index in [1.807, 2.05) is 0 Å². The molecule has 0 radical (unpaired) electrons. The zero-order valence-electron chi connectivity index (χ0n) is 15.8. The van der Waals surface area contributed by atoms with E-state index in [-0.39, 0.29) is 0 Å². The summed E-state index contributed by atoms with van der Waals surface area (Å²) >= 11 is 0. The maximum absolute atomic E-state index is 11.3. The van der Waals surface area contributed by atoms with Gasteiger partial charge in [0.25, 0.3) is 0 Å². The van der Waals surface area contributed by atoms with Crippen LogP contribution in [0.2, 0.25) is 0 Å². The average Bonchev–Trinajstić information content (AvgIpc) is 2.49. The van der Waals surface area contributed by atoms with Crippen LogP contribution >= 0.6 is 0 Å². The largest absolute Gasteiger partial charge is 0.387 e. The molecule has 0 spiro atoms. The monoisotopic (exact) mass is 314 g/mol. The lowest BCUT2D eigenvalue weighted by molar-refractivity contribution is -0.170. The molecule has 0 bridgehead atoms. The van der Waals surface area contributed by atoms with Crippen molar-refractivity contribution < 1.29 is 10.2 Å². The lowest BCUT2D eigenvalue weighted by Crippen LogP contribution is -2.54. The second-order valence-electron chi connectivity index (χ2n) is 7.18. The van der Waals surface area contributed by atoms with Crippen LogP contribution in [-0.2, 0) is 0 Å². The summed E-state index contributed by atoms with van der Waals surface area (Å²) in [7, 11) is 0. The lowest BCUT2D eigenvalue weighted by Gasteiger charge is -2.44. The predicted molar refractivity (Wildman–Crippen MR) is 97.2 cm³/mol. The van der Waals surface area contributed by atoms with Gasteiger partial charge in [0.2, 0.25) is 0 Å². The third-order valence-corrected chi connectivity index (χ3v) is 5.08. The average molecular weight is 315 g/mol. The van der Waals surface area contributed by atoms with Crippen molar-refractivity contribution in [2.75, 3.05) is 0 Å². The van der Waals surface area contributed by atoms with Crippen LogP contribution in [0.15, 0.2) is 0 Å². The van der Waals surface area contributed by atoms with Crippen molar-refractivity contribution in [2.45, 2.75) is 129 Å². The van der Waals surface area contributed by atoms with Crippen LogP contribution in [-0.4, -0.2) is 21.4 Å². The molecular formula is C20H42O2. The summed E-state index contributed by atoms with van der Waals surface area (Å²) in [6, 6.07) is 0. The van der Waals surface area contributed by atoms with E-state index in [0.717, 1.165) is 51.4 Å². The molecule has 0 saturated carbocycles. The molecule has 0 rings (SSSR count). The summed E-state index contributed by atoms with van der Waals surface area (Å²) in [5.74, 6) is 0. The van der Waals surface area contributed by atoms with Crippen LogP contribution in [0.3, 0.4) is 0 Å². The molecule has 22 heavy (non-hydrogen) atoms. The zero-order valence-corrected chi connectivity index (χ0v) is 15.8. The van der Waals surface area contributed by atoms with Gasteiger partial charge in [0.05, 0.1) is 11.2 Å². The summed E-state index contributed by atoms with van der Waals surface area (Å²) < 4.78 is 0. The van der Waals surface area contributed by atoms with Crippen LogP contribution in [0.5, 0.6) is 0 Å². The van der Waals surface area contributed by atoms with Gasteiger partial charge in [0.1, 0.15) is 0 Å². The zero-order chi connectivity index (χ0) is 16.9. The minimum absolute atomic E-state index is 0.726. The van der Waals surface area contributed by atoms with Gasteiger partial charge in [-0.2, -0.15) is 0 Å². The minimum Gasteiger partial charge on any atom is -0.387 e. The van der Waals surface area contributed by atoms with Gasteiger partial charge in [-0.15, -0.1) is 0 Å². The van der Waals surface area contributed by atoms with Crippen molar-refractivity contribution >= 4 is 0 Å². The summed E-state index contributed by atoms with van der Waals surface area (Å²) in [5.41, 5.74) is -1.78. The fourth-order valence-electron chi connectivity index (χ4n) is 3.70. The van der Waals surface area contributed by atoms with Crippen molar-refractivity contribution in [1.82, 2.24) is 0 Å². The second-order valence-corrected chi connectivity index (χ2v) is 7.18. The van der Waals surface area contributed by atoms with Crippen LogP contribution in [0.1, 0.15) is 118 Å². The first-order valence-corrected chi connectivity index (χ1v) is 9.94. The maximum Gasteiger partial charge on any atom is 0.0933 e. The first kappa shape index (κ1) is 21.9. The fraction of sp³-hybridized carbons (Fsp3) is 1.00. The molecule has 0 aliphatic heterocycles. The molecule has 134 valence electrons. The smallest absolute Gasteiger partial charge is 0.0933 e. The third kappa shape index (κ3) is 7.46. The van der Waals surface area contributed by atoms with E-state index in [1.165, 1.54) is 38.5 Å². The molecule has 2 N–H and O–H groups in total. The highest BCUT2D eigenvalue weighted by Gasteiger charge is 2.46. The normalized spacial score (nSPS) is 17.2. The molecule has 0 aromatic heterocycles. The van der Waals surface area contributed by atoms with Crippen LogP contribution in [0, 0.1) is 0 Å². The molecule has 0 aromatic rings. The Morgan fingerprint density at radius 1 is 0.455 bits per heavy atom. The molecule has 0 amide bonds. The van der Waals surface area contributed by atoms with E-state index >= 15 is 0 Å². The van der Waals surface area contributed by atoms with Crippen LogP contribution < -0.4 is 0 Å². The van der Waals surface area contributed by atoms with Gasteiger partial charge < -0.3 is 10.2 Å². The number of unbranched alkanes of at least 4 members (excludes halogenated alkanes) is 6. The van der Waals surface area contributed by atoms with Crippen molar-refractivity contribution in [2.24, 2.45) is 0 Å². The molecule has 2 atom stereocenters. The van der Waals surface area contributed by atoms with Crippen molar-refractivity contribution in [3.63, 3.8) is 0 Å². The van der Waals surface area contributed by atoms with Gasteiger partial charge >= 0.3 is 0 Å². The van der Waals surface area contributed by atoms with Gasteiger partial charge in [-0.05, 0) is 25.7 Å². The number of aliphatic hydroxyl groups is 2. The molecule has 0 aliphatic carbocycles. The quantitative estimate of drug-likeness (QED) is 0.364. The number of rotatable bonds is 15.